The standard InChI is InChI=1S/C33H28I2N2O7S/c1-4-42-26(38)18-44-30-21(15-22(34)17-24(30)35)16-25-31(39)37-29(20-11-13-23(41-3)14-12-20)27(32(40)43-5-2)28(36-33(37)45-25)19-9-7-6-8-10-19/h6-17,29H,4-5,18H2,1-3H3/b25-16-/t29-/m1/s1. The molecule has 1 aromatic heterocycles. The van der Waals surface area contributed by atoms with Crippen molar-refractivity contribution in [3.8, 4) is 11.5 Å². The summed E-state index contributed by atoms with van der Waals surface area (Å²) in [6.45, 7) is 3.60. The van der Waals surface area contributed by atoms with Crippen molar-refractivity contribution in [1.82, 2.24) is 4.57 Å². The average Bonchev–Trinajstić information content (AvgIpc) is 3.34. The topological polar surface area (TPSA) is 105 Å². The number of benzene rings is 3. The Kier molecular flexibility index (Phi) is 10.8. The first-order chi connectivity index (χ1) is 21.7. The molecular weight excluding hydrogens is 822 g/mol. The van der Waals surface area contributed by atoms with Gasteiger partial charge in [0.2, 0.25) is 0 Å². The van der Waals surface area contributed by atoms with E-state index in [9.17, 15) is 14.4 Å². The predicted octanol–water partition coefficient (Wildman–Crippen LogP) is 5.10. The number of methoxy groups -OCH3 is 1. The lowest BCUT2D eigenvalue weighted by molar-refractivity contribution is -0.145. The van der Waals surface area contributed by atoms with E-state index in [-0.39, 0.29) is 31.0 Å². The summed E-state index contributed by atoms with van der Waals surface area (Å²) >= 11 is 5.54. The van der Waals surface area contributed by atoms with Gasteiger partial charge in [0.1, 0.15) is 11.5 Å². The molecule has 1 atom stereocenters. The molecule has 0 fully saturated rings. The first-order valence-electron chi connectivity index (χ1n) is 14.0. The molecule has 0 N–H and O–H groups in total. The molecule has 2 heterocycles. The highest BCUT2D eigenvalue weighted by molar-refractivity contribution is 14.1. The zero-order valence-electron chi connectivity index (χ0n) is 24.5. The largest absolute Gasteiger partial charge is 0.497 e. The van der Waals surface area contributed by atoms with Gasteiger partial charge in [-0.2, -0.15) is 0 Å². The van der Waals surface area contributed by atoms with Gasteiger partial charge in [0.25, 0.3) is 5.56 Å². The molecule has 0 aliphatic carbocycles. The van der Waals surface area contributed by atoms with Gasteiger partial charge < -0.3 is 18.9 Å². The molecule has 0 amide bonds. The number of esters is 2. The molecule has 0 radical (unpaired) electrons. The fraction of sp³-hybridized carbons (Fsp3) is 0.212. The van der Waals surface area contributed by atoms with Crippen LogP contribution in [0.3, 0.4) is 0 Å². The van der Waals surface area contributed by atoms with Crippen LogP contribution in [-0.2, 0) is 19.1 Å². The third-order valence-electron chi connectivity index (χ3n) is 6.77. The average molecular weight is 850 g/mol. The van der Waals surface area contributed by atoms with E-state index in [4.69, 9.17) is 23.9 Å². The van der Waals surface area contributed by atoms with Gasteiger partial charge in [-0.05, 0) is 94.9 Å². The summed E-state index contributed by atoms with van der Waals surface area (Å²) in [5, 5.41) is 0. The molecule has 3 aromatic carbocycles. The van der Waals surface area contributed by atoms with Crippen molar-refractivity contribution in [2.45, 2.75) is 19.9 Å². The highest BCUT2D eigenvalue weighted by Crippen LogP contribution is 2.36. The number of halogens is 2. The lowest BCUT2D eigenvalue weighted by atomic mass is 9.93. The molecule has 4 aromatic rings. The maximum atomic E-state index is 14.3. The van der Waals surface area contributed by atoms with Crippen LogP contribution in [0.15, 0.2) is 82.1 Å². The molecule has 5 rings (SSSR count). The quantitative estimate of drug-likeness (QED) is 0.162. The van der Waals surface area contributed by atoms with Crippen LogP contribution in [0, 0.1) is 7.14 Å². The fourth-order valence-electron chi connectivity index (χ4n) is 4.86. The minimum absolute atomic E-state index is 0.157. The molecule has 0 bridgehead atoms. The second-order valence-electron chi connectivity index (χ2n) is 9.60. The maximum absolute atomic E-state index is 14.3. The number of carbonyl (C=O) groups excluding carboxylic acids is 2. The lowest BCUT2D eigenvalue weighted by Crippen LogP contribution is -2.40. The van der Waals surface area contributed by atoms with Gasteiger partial charge in [0, 0.05) is 14.7 Å². The summed E-state index contributed by atoms with van der Waals surface area (Å²) < 4.78 is 25.4. The minimum Gasteiger partial charge on any atom is -0.497 e. The SMILES string of the molecule is CCOC(=O)COc1c(I)cc(I)cc1/C=c1\sc2n(c1=O)[C@H](c1ccc(OC)cc1)C(C(=O)OCC)=C(c1ccccc1)N=2. The Morgan fingerprint density at radius 2 is 1.71 bits per heavy atom. The summed E-state index contributed by atoms with van der Waals surface area (Å²) in [4.78, 5) is 45.3. The van der Waals surface area contributed by atoms with Crippen LogP contribution in [0.2, 0.25) is 0 Å². The number of hydrogen-bond acceptors (Lipinski definition) is 9. The highest BCUT2D eigenvalue weighted by Gasteiger charge is 2.35. The number of fused-ring (bicyclic) bond motifs is 1. The van der Waals surface area contributed by atoms with Crippen LogP contribution < -0.4 is 24.4 Å². The van der Waals surface area contributed by atoms with Crippen LogP contribution in [-0.4, -0.2) is 43.4 Å². The van der Waals surface area contributed by atoms with E-state index in [0.29, 0.717) is 37.7 Å². The number of aromatic nitrogens is 1. The summed E-state index contributed by atoms with van der Waals surface area (Å²) in [7, 11) is 1.58. The van der Waals surface area contributed by atoms with Crippen molar-refractivity contribution in [3.05, 3.63) is 116 Å². The number of nitrogens with zero attached hydrogens (tertiary/aromatic N) is 2. The summed E-state index contributed by atoms with van der Waals surface area (Å²) in [5.41, 5.74) is 2.39. The third kappa shape index (κ3) is 7.17. The molecule has 45 heavy (non-hydrogen) atoms. The Morgan fingerprint density at radius 1 is 1.00 bits per heavy atom. The molecule has 0 saturated heterocycles. The second-order valence-corrected chi connectivity index (χ2v) is 13.0. The van der Waals surface area contributed by atoms with Crippen molar-refractivity contribution in [3.63, 3.8) is 0 Å². The summed E-state index contributed by atoms with van der Waals surface area (Å²) in [5.74, 6) is 0.0483. The molecule has 0 unspecified atom stereocenters. The van der Waals surface area contributed by atoms with E-state index < -0.39 is 18.0 Å². The van der Waals surface area contributed by atoms with Gasteiger partial charge in [-0.3, -0.25) is 9.36 Å². The monoisotopic (exact) mass is 850 g/mol. The first kappa shape index (κ1) is 32.9. The second kappa shape index (κ2) is 14.7. The van der Waals surface area contributed by atoms with E-state index >= 15 is 0 Å². The molecule has 0 saturated carbocycles. The number of hydrogen-bond donors (Lipinski definition) is 0. The van der Waals surface area contributed by atoms with E-state index in [0.717, 1.165) is 12.7 Å². The molecule has 12 heteroatoms. The van der Waals surface area contributed by atoms with Crippen LogP contribution in [0.1, 0.15) is 36.6 Å². The fourth-order valence-corrected chi connectivity index (χ4v) is 7.89. The Labute approximate surface area is 290 Å². The maximum Gasteiger partial charge on any atom is 0.344 e. The van der Waals surface area contributed by atoms with Gasteiger partial charge in [-0.15, -0.1) is 0 Å². The van der Waals surface area contributed by atoms with Crippen molar-refractivity contribution in [2.75, 3.05) is 26.9 Å². The zero-order valence-corrected chi connectivity index (χ0v) is 29.7. The molecule has 9 nitrogen and oxygen atoms in total. The van der Waals surface area contributed by atoms with E-state index in [1.807, 2.05) is 54.6 Å². The molecule has 0 spiro atoms. The van der Waals surface area contributed by atoms with E-state index in [1.54, 1.807) is 39.2 Å². The number of carbonyl (C=O) groups is 2. The van der Waals surface area contributed by atoms with Crippen molar-refractivity contribution >= 4 is 80.2 Å². The van der Waals surface area contributed by atoms with Crippen molar-refractivity contribution < 1.29 is 28.5 Å². The zero-order chi connectivity index (χ0) is 32.1. The van der Waals surface area contributed by atoms with Crippen LogP contribution >= 0.6 is 56.5 Å². The van der Waals surface area contributed by atoms with Gasteiger partial charge in [-0.1, -0.05) is 53.8 Å². The van der Waals surface area contributed by atoms with Crippen LogP contribution in [0.5, 0.6) is 11.5 Å². The van der Waals surface area contributed by atoms with Crippen LogP contribution in [0.25, 0.3) is 11.8 Å². The molecule has 1 aliphatic rings. The number of rotatable bonds is 10. The normalized spacial score (nSPS) is 14.4. The summed E-state index contributed by atoms with van der Waals surface area (Å²) in [6, 6.07) is 19.6. The lowest BCUT2D eigenvalue weighted by Gasteiger charge is -2.26. The Morgan fingerprint density at radius 3 is 2.38 bits per heavy atom. The van der Waals surface area contributed by atoms with Crippen molar-refractivity contribution in [2.24, 2.45) is 4.99 Å². The molecule has 1 aliphatic heterocycles. The van der Waals surface area contributed by atoms with Gasteiger partial charge in [-0.25, -0.2) is 14.6 Å². The van der Waals surface area contributed by atoms with E-state index in [1.165, 1.54) is 15.9 Å². The first-order valence-corrected chi connectivity index (χ1v) is 16.9. The third-order valence-corrected chi connectivity index (χ3v) is 9.18. The summed E-state index contributed by atoms with van der Waals surface area (Å²) in [6.07, 6.45) is 1.73. The van der Waals surface area contributed by atoms with E-state index in [2.05, 4.69) is 45.2 Å². The van der Waals surface area contributed by atoms with Gasteiger partial charge in [0.15, 0.2) is 11.4 Å². The number of thiazole rings is 1. The number of ether oxygens (including phenoxy) is 4. The molecular formula is C33H28I2N2O7S. The minimum atomic E-state index is -0.820. The Bertz CT molecular complexity index is 1950. The Hall–Kier alpha value is -3.50. The smallest absolute Gasteiger partial charge is 0.344 e. The Balaban J connectivity index is 1.76. The van der Waals surface area contributed by atoms with Gasteiger partial charge in [0.05, 0.1) is 45.7 Å². The highest BCUT2D eigenvalue weighted by atomic mass is 127. The molecule has 232 valence electrons. The van der Waals surface area contributed by atoms with Gasteiger partial charge >= 0.3 is 11.9 Å². The predicted molar refractivity (Wildman–Crippen MR) is 188 cm³/mol. The van der Waals surface area contributed by atoms with Crippen LogP contribution in [0.4, 0.5) is 0 Å². The van der Waals surface area contributed by atoms with Crippen molar-refractivity contribution in [1.29, 1.82) is 0 Å².